The molecule has 0 aliphatic carbocycles. The van der Waals surface area contributed by atoms with Crippen molar-refractivity contribution >= 4 is 17.9 Å². The molecule has 4 heteroatoms. The molecule has 0 atom stereocenters. The lowest BCUT2D eigenvalue weighted by atomic mass is 10.3. The van der Waals surface area contributed by atoms with Crippen molar-refractivity contribution in [3.8, 4) is 0 Å². The van der Waals surface area contributed by atoms with E-state index in [1.54, 1.807) is 0 Å². The number of carbonyl (C=O) groups excluding carboxylic acids is 1. The maximum Gasteiger partial charge on any atom is 0.249 e. The molecule has 1 aromatic heterocycles. The highest BCUT2D eigenvalue weighted by molar-refractivity contribution is 6.31. The molecule has 0 saturated heterocycles. The van der Waals surface area contributed by atoms with Gasteiger partial charge in [0, 0.05) is 11.6 Å². The molecule has 0 fully saturated rings. The summed E-state index contributed by atoms with van der Waals surface area (Å²) in [5, 5.41) is 0.0856. The summed E-state index contributed by atoms with van der Waals surface area (Å²) in [5.74, 6) is 0. The minimum atomic E-state index is -0.310. The Kier molecular flexibility index (Phi) is 1.87. The highest BCUT2D eigenvalue weighted by Gasteiger charge is 1.96. The summed E-state index contributed by atoms with van der Waals surface area (Å²) in [6.45, 7) is 0. The van der Waals surface area contributed by atoms with E-state index in [4.69, 9.17) is 11.6 Å². The fourth-order valence-electron chi connectivity index (χ4n) is 0.552. The highest BCUT2D eigenvalue weighted by Crippen LogP contribution is 2.05. The first-order chi connectivity index (χ1) is 4.74. The summed E-state index contributed by atoms with van der Waals surface area (Å²) < 4.78 is 0. The number of aldehydes is 1. The molecule has 0 aliphatic heterocycles. The van der Waals surface area contributed by atoms with Gasteiger partial charge in [-0.3, -0.25) is 9.59 Å². The van der Waals surface area contributed by atoms with Crippen LogP contribution in [0.1, 0.15) is 10.4 Å². The fourth-order valence-corrected chi connectivity index (χ4v) is 0.752. The van der Waals surface area contributed by atoms with Crippen molar-refractivity contribution in [1.82, 2.24) is 4.98 Å². The van der Waals surface area contributed by atoms with Crippen molar-refractivity contribution in [3.63, 3.8) is 0 Å². The first kappa shape index (κ1) is 7.02. The third-order valence-electron chi connectivity index (χ3n) is 1.03. The van der Waals surface area contributed by atoms with Crippen molar-refractivity contribution in [2.45, 2.75) is 0 Å². The third-order valence-corrected chi connectivity index (χ3v) is 1.34. The topological polar surface area (TPSA) is 49.9 Å². The van der Waals surface area contributed by atoms with Crippen LogP contribution in [0.25, 0.3) is 0 Å². The van der Waals surface area contributed by atoms with E-state index in [1.807, 2.05) is 0 Å². The van der Waals surface area contributed by atoms with Crippen LogP contribution < -0.4 is 5.56 Å². The second kappa shape index (κ2) is 2.66. The molecular weight excluding hydrogens is 154 g/mol. The molecular formula is C6H4ClNO2. The predicted molar refractivity (Wildman–Crippen MR) is 37.5 cm³/mol. The molecule has 0 radical (unpaired) electrons. The van der Waals surface area contributed by atoms with Crippen LogP contribution in [0.5, 0.6) is 0 Å². The summed E-state index contributed by atoms with van der Waals surface area (Å²) in [6.07, 6.45) is 0.582. The van der Waals surface area contributed by atoms with Gasteiger partial charge in [0.2, 0.25) is 5.56 Å². The highest BCUT2D eigenvalue weighted by atomic mass is 35.5. The summed E-state index contributed by atoms with van der Waals surface area (Å²) in [6, 6.07) is 2.61. The SMILES string of the molecule is O=Cc1ccc(=O)[nH]c1Cl. The summed E-state index contributed by atoms with van der Waals surface area (Å²) >= 11 is 5.44. The van der Waals surface area contributed by atoms with E-state index in [-0.39, 0.29) is 10.7 Å². The van der Waals surface area contributed by atoms with E-state index >= 15 is 0 Å². The Labute approximate surface area is 61.6 Å². The average Bonchev–Trinajstić information content (AvgIpc) is 1.88. The van der Waals surface area contributed by atoms with Gasteiger partial charge in [-0.15, -0.1) is 0 Å². The standard InChI is InChI=1S/C6H4ClNO2/c7-6-4(3-9)1-2-5(10)8-6/h1-3H,(H,8,10). The summed E-state index contributed by atoms with van der Waals surface area (Å²) in [7, 11) is 0. The molecule has 0 unspecified atom stereocenters. The lowest BCUT2D eigenvalue weighted by molar-refractivity contribution is 0.112. The van der Waals surface area contributed by atoms with Crippen LogP contribution in [0.15, 0.2) is 16.9 Å². The van der Waals surface area contributed by atoms with Gasteiger partial charge in [0.05, 0.1) is 0 Å². The van der Waals surface area contributed by atoms with Crippen molar-refractivity contribution in [3.05, 3.63) is 33.2 Å². The van der Waals surface area contributed by atoms with E-state index in [0.29, 0.717) is 11.8 Å². The van der Waals surface area contributed by atoms with Crippen LogP contribution in [0.3, 0.4) is 0 Å². The third kappa shape index (κ3) is 1.25. The zero-order valence-electron chi connectivity index (χ0n) is 4.93. The Morgan fingerprint density at radius 3 is 2.70 bits per heavy atom. The minimum Gasteiger partial charge on any atom is -0.312 e. The molecule has 10 heavy (non-hydrogen) atoms. The number of aromatic nitrogens is 1. The molecule has 0 amide bonds. The fraction of sp³-hybridized carbons (Fsp3) is 0. The average molecular weight is 158 g/mol. The summed E-state index contributed by atoms with van der Waals surface area (Å²) in [4.78, 5) is 22.9. The zero-order valence-corrected chi connectivity index (χ0v) is 5.68. The molecule has 1 N–H and O–H groups in total. The molecule has 3 nitrogen and oxygen atoms in total. The van der Waals surface area contributed by atoms with Crippen molar-refractivity contribution in [2.75, 3.05) is 0 Å². The Morgan fingerprint density at radius 2 is 2.20 bits per heavy atom. The molecule has 0 aromatic carbocycles. The van der Waals surface area contributed by atoms with Crippen molar-refractivity contribution in [1.29, 1.82) is 0 Å². The number of pyridine rings is 1. The maximum absolute atomic E-state index is 10.5. The number of carbonyl (C=O) groups is 1. The van der Waals surface area contributed by atoms with Crippen LogP contribution in [0.2, 0.25) is 5.15 Å². The number of hydrogen-bond donors (Lipinski definition) is 1. The van der Waals surface area contributed by atoms with Crippen LogP contribution in [0, 0.1) is 0 Å². The molecule has 52 valence electrons. The number of hydrogen-bond acceptors (Lipinski definition) is 2. The monoisotopic (exact) mass is 157 g/mol. The number of nitrogens with one attached hydrogen (secondary N) is 1. The molecule has 0 spiro atoms. The molecule has 0 bridgehead atoms. The van der Waals surface area contributed by atoms with Crippen LogP contribution in [0.4, 0.5) is 0 Å². The van der Waals surface area contributed by atoms with E-state index in [0.717, 1.165) is 0 Å². The second-order valence-electron chi connectivity index (χ2n) is 1.71. The van der Waals surface area contributed by atoms with Gasteiger partial charge in [0.1, 0.15) is 5.15 Å². The lowest BCUT2D eigenvalue weighted by Crippen LogP contribution is -2.04. The van der Waals surface area contributed by atoms with Crippen LogP contribution in [-0.4, -0.2) is 11.3 Å². The van der Waals surface area contributed by atoms with Gasteiger partial charge in [-0.1, -0.05) is 11.6 Å². The first-order valence-corrected chi connectivity index (χ1v) is 2.96. The van der Waals surface area contributed by atoms with E-state index in [2.05, 4.69) is 4.98 Å². The Morgan fingerprint density at radius 1 is 1.50 bits per heavy atom. The number of H-pyrrole nitrogens is 1. The minimum absolute atomic E-state index is 0.0856. The van der Waals surface area contributed by atoms with E-state index in [9.17, 15) is 9.59 Å². The first-order valence-electron chi connectivity index (χ1n) is 2.58. The smallest absolute Gasteiger partial charge is 0.249 e. The van der Waals surface area contributed by atoms with Gasteiger partial charge < -0.3 is 4.98 Å². The van der Waals surface area contributed by atoms with Gasteiger partial charge in [0.25, 0.3) is 0 Å². The Hall–Kier alpha value is -1.09. The van der Waals surface area contributed by atoms with Crippen molar-refractivity contribution < 1.29 is 4.79 Å². The van der Waals surface area contributed by atoms with E-state index < -0.39 is 0 Å². The van der Waals surface area contributed by atoms with Gasteiger partial charge in [0.15, 0.2) is 6.29 Å². The quantitative estimate of drug-likeness (QED) is 0.485. The Balaban J connectivity index is 3.32. The van der Waals surface area contributed by atoms with Crippen LogP contribution in [-0.2, 0) is 0 Å². The number of rotatable bonds is 1. The second-order valence-corrected chi connectivity index (χ2v) is 2.09. The van der Waals surface area contributed by atoms with Gasteiger partial charge in [-0.05, 0) is 6.07 Å². The lowest BCUT2D eigenvalue weighted by Gasteiger charge is -1.90. The van der Waals surface area contributed by atoms with E-state index in [1.165, 1.54) is 12.1 Å². The molecule has 1 aromatic rings. The summed E-state index contributed by atoms with van der Waals surface area (Å²) in [5.41, 5.74) is -0.0168. The largest absolute Gasteiger partial charge is 0.312 e. The Bertz CT molecular complexity index is 305. The molecule has 1 heterocycles. The predicted octanol–water partition coefficient (Wildman–Crippen LogP) is 0.841. The van der Waals surface area contributed by atoms with Gasteiger partial charge in [-0.25, -0.2) is 0 Å². The molecule has 1 rings (SSSR count). The maximum atomic E-state index is 10.5. The van der Waals surface area contributed by atoms with Gasteiger partial charge in [-0.2, -0.15) is 0 Å². The molecule has 0 saturated carbocycles. The van der Waals surface area contributed by atoms with Crippen molar-refractivity contribution in [2.24, 2.45) is 0 Å². The number of halogens is 1. The number of aromatic amines is 1. The normalized spacial score (nSPS) is 9.30. The molecule has 0 aliphatic rings. The zero-order chi connectivity index (χ0) is 7.56. The van der Waals surface area contributed by atoms with Crippen LogP contribution >= 0.6 is 11.6 Å². The van der Waals surface area contributed by atoms with Gasteiger partial charge >= 0.3 is 0 Å².